The highest BCUT2D eigenvalue weighted by Crippen LogP contribution is 2.09. The van der Waals surface area contributed by atoms with Crippen LogP contribution in [0.25, 0.3) is 5.82 Å². The average molecular weight is 295 g/mol. The minimum Gasteiger partial charge on any atom is -0.325 e. The molecule has 0 fully saturated rings. The van der Waals surface area contributed by atoms with Gasteiger partial charge in [-0.05, 0) is 12.1 Å². The number of pyridine rings is 1. The molecule has 0 aliphatic carbocycles. The third-order valence-electron chi connectivity index (χ3n) is 2.12. The summed E-state index contributed by atoms with van der Waals surface area (Å²) in [7, 11) is 0. The first-order valence-corrected chi connectivity index (χ1v) is 6.22. The van der Waals surface area contributed by atoms with Crippen LogP contribution in [0.5, 0.6) is 0 Å². The van der Waals surface area contributed by atoms with Crippen LogP contribution in [0.15, 0.2) is 37.1 Å². The Morgan fingerprint density at radius 2 is 2.35 bits per heavy atom. The van der Waals surface area contributed by atoms with Crippen LogP contribution in [-0.2, 0) is 4.79 Å². The molecule has 0 spiro atoms. The molecule has 6 heteroatoms. The molecule has 0 atom stereocenters. The SMILES string of the molecule is O=C(CCBr)Nc1ccc(-n2ccnc2)nc1. The first-order chi connectivity index (χ1) is 8.29. The minimum atomic E-state index is -0.0287. The predicted octanol–water partition coefficient (Wildman–Crippen LogP) is 1.99. The van der Waals surface area contributed by atoms with E-state index in [9.17, 15) is 4.79 Å². The summed E-state index contributed by atoms with van der Waals surface area (Å²) in [5.74, 6) is 0.736. The number of alkyl halides is 1. The molecule has 88 valence electrons. The number of rotatable bonds is 4. The fraction of sp³-hybridized carbons (Fsp3) is 0.182. The molecule has 0 unspecified atom stereocenters. The molecule has 5 nitrogen and oxygen atoms in total. The van der Waals surface area contributed by atoms with Crippen molar-refractivity contribution >= 4 is 27.5 Å². The van der Waals surface area contributed by atoms with Gasteiger partial charge in [0.05, 0.1) is 11.9 Å². The van der Waals surface area contributed by atoms with Crippen LogP contribution in [0, 0.1) is 0 Å². The first kappa shape index (κ1) is 11.8. The third-order valence-corrected chi connectivity index (χ3v) is 2.52. The summed E-state index contributed by atoms with van der Waals surface area (Å²) < 4.78 is 1.80. The van der Waals surface area contributed by atoms with Gasteiger partial charge in [-0.2, -0.15) is 0 Å². The van der Waals surface area contributed by atoms with E-state index in [4.69, 9.17) is 0 Å². The van der Waals surface area contributed by atoms with E-state index in [1.54, 1.807) is 23.3 Å². The molecule has 0 aliphatic rings. The van der Waals surface area contributed by atoms with Gasteiger partial charge in [0, 0.05) is 24.1 Å². The lowest BCUT2D eigenvalue weighted by atomic mass is 10.3. The number of nitrogens with zero attached hydrogens (tertiary/aromatic N) is 3. The van der Waals surface area contributed by atoms with Crippen molar-refractivity contribution in [2.45, 2.75) is 6.42 Å². The second kappa shape index (κ2) is 5.58. The van der Waals surface area contributed by atoms with Crippen molar-refractivity contribution < 1.29 is 4.79 Å². The van der Waals surface area contributed by atoms with Crippen molar-refractivity contribution in [1.29, 1.82) is 0 Å². The fourth-order valence-corrected chi connectivity index (χ4v) is 1.68. The maximum atomic E-state index is 11.3. The second-order valence-corrected chi connectivity index (χ2v) is 4.16. The van der Waals surface area contributed by atoms with E-state index in [1.165, 1.54) is 0 Å². The maximum Gasteiger partial charge on any atom is 0.225 e. The van der Waals surface area contributed by atoms with Crippen LogP contribution >= 0.6 is 15.9 Å². The largest absolute Gasteiger partial charge is 0.325 e. The van der Waals surface area contributed by atoms with Crippen LogP contribution in [0.2, 0.25) is 0 Å². The predicted molar refractivity (Wildman–Crippen MR) is 68.4 cm³/mol. The molecule has 1 N–H and O–H groups in total. The summed E-state index contributed by atoms with van der Waals surface area (Å²) in [6, 6.07) is 3.64. The van der Waals surface area contributed by atoms with Crippen LogP contribution < -0.4 is 5.32 Å². The van der Waals surface area contributed by atoms with Crippen molar-refractivity contribution in [2.24, 2.45) is 0 Å². The van der Waals surface area contributed by atoms with Gasteiger partial charge in [0.25, 0.3) is 0 Å². The van der Waals surface area contributed by atoms with Gasteiger partial charge in [0.1, 0.15) is 12.1 Å². The molecular weight excluding hydrogens is 284 g/mol. The van der Waals surface area contributed by atoms with E-state index in [2.05, 4.69) is 31.2 Å². The summed E-state index contributed by atoms with van der Waals surface area (Å²) in [6.45, 7) is 0. The van der Waals surface area contributed by atoms with Gasteiger partial charge in [-0.15, -0.1) is 0 Å². The topological polar surface area (TPSA) is 59.8 Å². The van der Waals surface area contributed by atoms with Crippen molar-refractivity contribution in [3.8, 4) is 5.82 Å². The van der Waals surface area contributed by atoms with Crippen LogP contribution in [0.3, 0.4) is 0 Å². The second-order valence-electron chi connectivity index (χ2n) is 3.36. The number of hydrogen-bond acceptors (Lipinski definition) is 3. The van der Waals surface area contributed by atoms with E-state index in [-0.39, 0.29) is 5.91 Å². The number of aromatic nitrogens is 3. The van der Waals surface area contributed by atoms with E-state index in [1.807, 2.05) is 18.3 Å². The highest BCUT2D eigenvalue weighted by atomic mass is 79.9. The number of halogens is 1. The summed E-state index contributed by atoms with van der Waals surface area (Å²) in [4.78, 5) is 19.5. The van der Waals surface area contributed by atoms with E-state index < -0.39 is 0 Å². The lowest BCUT2D eigenvalue weighted by Crippen LogP contribution is -2.11. The van der Waals surface area contributed by atoms with Crippen LogP contribution in [-0.4, -0.2) is 25.8 Å². The monoisotopic (exact) mass is 294 g/mol. The molecule has 0 saturated carbocycles. The molecule has 0 saturated heterocycles. The molecule has 1 amide bonds. The van der Waals surface area contributed by atoms with E-state index in [0.29, 0.717) is 17.4 Å². The first-order valence-electron chi connectivity index (χ1n) is 5.10. The van der Waals surface area contributed by atoms with Crippen molar-refractivity contribution in [2.75, 3.05) is 10.6 Å². The van der Waals surface area contributed by atoms with Gasteiger partial charge in [-0.25, -0.2) is 9.97 Å². The molecule has 0 bridgehead atoms. The van der Waals surface area contributed by atoms with Gasteiger partial charge < -0.3 is 5.32 Å². The Labute approximate surface area is 107 Å². The fourth-order valence-electron chi connectivity index (χ4n) is 1.32. The Morgan fingerprint density at radius 3 is 2.94 bits per heavy atom. The Bertz CT molecular complexity index is 481. The zero-order valence-corrected chi connectivity index (χ0v) is 10.6. The van der Waals surface area contributed by atoms with Crippen molar-refractivity contribution in [1.82, 2.24) is 14.5 Å². The summed E-state index contributed by atoms with van der Waals surface area (Å²) in [5, 5.41) is 3.41. The number of imidazole rings is 1. The number of amides is 1. The summed E-state index contributed by atoms with van der Waals surface area (Å²) >= 11 is 3.21. The zero-order valence-electron chi connectivity index (χ0n) is 9.01. The van der Waals surface area contributed by atoms with E-state index >= 15 is 0 Å². The van der Waals surface area contributed by atoms with Crippen molar-refractivity contribution in [3.05, 3.63) is 37.1 Å². The normalized spacial score (nSPS) is 10.2. The quantitative estimate of drug-likeness (QED) is 0.878. The Balaban J connectivity index is 2.06. The van der Waals surface area contributed by atoms with Crippen LogP contribution in [0.4, 0.5) is 5.69 Å². The van der Waals surface area contributed by atoms with Gasteiger partial charge in [-0.3, -0.25) is 9.36 Å². The van der Waals surface area contributed by atoms with Gasteiger partial charge in [0.15, 0.2) is 0 Å². The summed E-state index contributed by atoms with van der Waals surface area (Å²) in [6.07, 6.45) is 7.24. The highest BCUT2D eigenvalue weighted by Gasteiger charge is 2.02. The molecule has 2 aromatic heterocycles. The summed E-state index contributed by atoms with van der Waals surface area (Å²) in [5.41, 5.74) is 0.694. The molecule has 2 aromatic rings. The van der Waals surface area contributed by atoms with Gasteiger partial charge in [-0.1, -0.05) is 15.9 Å². The number of anilines is 1. The molecule has 17 heavy (non-hydrogen) atoms. The highest BCUT2D eigenvalue weighted by molar-refractivity contribution is 9.09. The maximum absolute atomic E-state index is 11.3. The number of carbonyl (C=O) groups is 1. The molecule has 2 rings (SSSR count). The minimum absolute atomic E-state index is 0.0287. The lowest BCUT2D eigenvalue weighted by molar-refractivity contribution is -0.115. The number of hydrogen-bond donors (Lipinski definition) is 1. The lowest BCUT2D eigenvalue weighted by Gasteiger charge is -2.05. The van der Waals surface area contributed by atoms with Crippen molar-refractivity contribution in [3.63, 3.8) is 0 Å². The third kappa shape index (κ3) is 3.13. The zero-order chi connectivity index (χ0) is 12.1. The molecule has 0 radical (unpaired) electrons. The van der Waals surface area contributed by atoms with Gasteiger partial charge >= 0.3 is 0 Å². The smallest absolute Gasteiger partial charge is 0.225 e. The van der Waals surface area contributed by atoms with E-state index in [0.717, 1.165) is 5.82 Å². The molecular formula is C11H11BrN4O. The standard InChI is InChI=1S/C11H11BrN4O/c12-4-3-11(17)15-9-1-2-10(14-7-9)16-6-5-13-8-16/h1-2,5-8H,3-4H2,(H,15,17). The average Bonchev–Trinajstić information content (AvgIpc) is 2.84. The number of carbonyl (C=O) groups excluding carboxylic acids is 1. The van der Waals surface area contributed by atoms with Gasteiger partial charge in [0.2, 0.25) is 5.91 Å². The van der Waals surface area contributed by atoms with Crippen LogP contribution in [0.1, 0.15) is 6.42 Å². The molecule has 2 heterocycles. The Hall–Kier alpha value is -1.69. The molecule has 0 aliphatic heterocycles. The Morgan fingerprint density at radius 1 is 1.47 bits per heavy atom. The number of nitrogens with one attached hydrogen (secondary N) is 1. The Kier molecular flexibility index (Phi) is 3.87. The molecule has 0 aromatic carbocycles.